The van der Waals surface area contributed by atoms with E-state index in [1.165, 1.54) is 0 Å². The highest BCUT2D eigenvalue weighted by Crippen LogP contribution is 2.28. The van der Waals surface area contributed by atoms with Gasteiger partial charge in [0.05, 0.1) is 12.3 Å². The van der Waals surface area contributed by atoms with Crippen molar-refractivity contribution in [2.24, 2.45) is 5.16 Å². The molecule has 0 heterocycles. The summed E-state index contributed by atoms with van der Waals surface area (Å²) in [6.45, 7) is 11.0. The molecule has 0 saturated carbocycles. The van der Waals surface area contributed by atoms with Crippen LogP contribution in [0.1, 0.15) is 37.8 Å². The maximum absolute atomic E-state index is 5.97. The van der Waals surface area contributed by atoms with Crippen LogP contribution in [0.3, 0.4) is 0 Å². The van der Waals surface area contributed by atoms with Crippen LogP contribution in [0.4, 0.5) is 0 Å². The number of oxime groups is 1. The van der Waals surface area contributed by atoms with E-state index in [2.05, 4.69) is 24.3 Å². The Kier molecular flexibility index (Phi) is 10.4. The van der Waals surface area contributed by atoms with Crippen molar-refractivity contribution in [1.29, 1.82) is 0 Å². The second-order valence-electron chi connectivity index (χ2n) is 6.01. The van der Waals surface area contributed by atoms with Crippen molar-refractivity contribution >= 4 is 5.71 Å². The number of benzene rings is 1. The first-order chi connectivity index (χ1) is 12.1. The highest BCUT2D eigenvalue weighted by atomic mass is 16.6. The predicted molar refractivity (Wildman–Crippen MR) is 104 cm³/mol. The zero-order chi connectivity index (χ0) is 18.5. The molecule has 0 radical (unpaired) electrons. The summed E-state index contributed by atoms with van der Waals surface area (Å²) in [5.74, 6) is 1.85. The van der Waals surface area contributed by atoms with Crippen molar-refractivity contribution in [3.63, 3.8) is 0 Å². The number of hydrogen-bond donors (Lipinski definition) is 1. The lowest BCUT2D eigenvalue weighted by Gasteiger charge is -2.14. The lowest BCUT2D eigenvalue weighted by atomic mass is 10.1. The van der Waals surface area contributed by atoms with Gasteiger partial charge in [0.15, 0.2) is 0 Å². The molecule has 0 saturated heterocycles. The Hall–Kier alpha value is -2.01. The van der Waals surface area contributed by atoms with Gasteiger partial charge in [-0.3, -0.25) is 0 Å². The average Bonchev–Trinajstić information content (AvgIpc) is 2.56. The van der Waals surface area contributed by atoms with Crippen LogP contribution in [0.25, 0.3) is 0 Å². The third kappa shape index (κ3) is 8.59. The summed E-state index contributed by atoms with van der Waals surface area (Å²) in [5, 5.41) is 7.20. The lowest BCUT2D eigenvalue weighted by Crippen LogP contribution is -2.22. The summed E-state index contributed by atoms with van der Waals surface area (Å²) >= 11 is 0. The minimum atomic E-state index is 0.594. The molecule has 0 bridgehead atoms. The predicted octanol–water partition coefficient (Wildman–Crippen LogP) is 4.03. The number of hydrogen-bond acceptors (Lipinski definition) is 5. The normalized spacial score (nSPS) is 11.8. The fourth-order valence-corrected chi connectivity index (χ4v) is 2.45. The average molecular weight is 348 g/mol. The number of allylic oxidation sites excluding steroid dienone is 1. The molecular weight excluding hydrogens is 316 g/mol. The van der Waals surface area contributed by atoms with Crippen LogP contribution >= 0.6 is 0 Å². The maximum atomic E-state index is 5.97. The van der Waals surface area contributed by atoms with Crippen molar-refractivity contribution < 1.29 is 14.3 Å². The van der Waals surface area contributed by atoms with Crippen molar-refractivity contribution in [3.05, 3.63) is 35.4 Å². The molecule has 0 aromatic heterocycles. The molecule has 1 rings (SSSR count). The third-order valence-corrected chi connectivity index (χ3v) is 3.64. The number of unbranched alkanes of at least 4 members (excludes halogenated alkanes) is 1. The van der Waals surface area contributed by atoms with Crippen LogP contribution in [0.5, 0.6) is 11.5 Å². The van der Waals surface area contributed by atoms with E-state index < -0.39 is 0 Å². The van der Waals surface area contributed by atoms with E-state index >= 15 is 0 Å². The van der Waals surface area contributed by atoms with E-state index in [-0.39, 0.29) is 0 Å². The molecule has 0 unspecified atom stereocenters. The van der Waals surface area contributed by atoms with E-state index in [0.29, 0.717) is 13.2 Å². The van der Waals surface area contributed by atoms with Crippen molar-refractivity contribution in [2.45, 2.75) is 40.5 Å². The SMILES string of the molecule is C/C=C/COc1cc(C)c(OCCCCNC/C(C)=N/OC)c(C)c1. The molecule has 1 N–H and O–H groups in total. The molecule has 0 aliphatic carbocycles. The van der Waals surface area contributed by atoms with E-state index in [9.17, 15) is 0 Å². The molecule has 140 valence electrons. The van der Waals surface area contributed by atoms with Gasteiger partial charge in [0, 0.05) is 6.54 Å². The van der Waals surface area contributed by atoms with Crippen LogP contribution in [0.15, 0.2) is 29.4 Å². The van der Waals surface area contributed by atoms with Gasteiger partial charge in [0.25, 0.3) is 0 Å². The minimum Gasteiger partial charge on any atom is -0.493 e. The Bertz CT molecular complexity index is 545. The van der Waals surface area contributed by atoms with Crippen LogP contribution in [0, 0.1) is 13.8 Å². The number of rotatable bonds is 12. The van der Waals surface area contributed by atoms with Crippen molar-refractivity contribution in [2.75, 3.05) is 33.4 Å². The summed E-state index contributed by atoms with van der Waals surface area (Å²) in [6, 6.07) is 4.07. The zero-order valence-corrected chi connectivity index (χ0v) is 16.2. The van der Waals surface area contributed by atoms with Crippen LogP contribution in [-0.4, -0.2) is 39.1 Å². The maximum Gasteiger partial charge on any atom is 0.125 e. The van der Waals surface area contributed by atoms with Crippen molar-refractivity contribution in [1.82, 2.24) is 5.32 Å². The van der Waals surface area contributed by atoms with E-state index in [4.69, 9.17) is 14.3 Å². The van der Waals surface area contributed by atoms with Gasteiger partial charge in [-0.2, -0.15) is 0 Å². The second-order valence-corrected chi connectivity index (χ2v) is 6.01. The smallest absolute Gasteiger partial charge is 0.125 e. The van der Waals surface area contributed by atoms with Crippen LogP contribution in [-0.2, 0) is 4.84 Å². The molecule has 0 aliphatic rings. The molecule has 0 aliphatic heterocycles. The monoisotopic (exact) mass is 348 g/mol. The summed E-state index contributed by atoms with van der Waals surface area (Å²) in [6.07, 6.45) is 6.04. The Morgan fingerprint density at radius 2 is 1.88 bits per heavy atom. The lowest BCUT2D eigenvalue weighted by molar-refractivity contribution is 0.212. The summed E-state index contributed by atoms with van der Waals surface area (Å²) in [4.78, 5) is 4.72. The van der Waals surface area contributed by atoms with Gasteiger partial charge in [-0.1, -0.05) is 17.3 Å². The topological polar surface area (TPSA) is 52.1 Å². The molecule has 1 aromatic rings. The first kappa shape index (κ1) is 21.0. The molecule has 0 amide bonds. The van der Waals surface area contributed by atoms with E-state index in [1.54, 1.807) is 7.11 Å². The molecule has 0 atom stereocenters. The third-order valence-electron chi connectivity index (χ3n) is 3.64. The molecular formula is C20H32N2O3. The highest BCUT2D eigenvalue weighted by Gasteiger charge is 2.07. The standard InChI is InChI=1S/C20H32N2O3/c1-6-7-11-24-19-13-16(2)20(17(3)14-19)25-12-9-8-10-21-15-18(4)22-23-5/h6-7,13-14,21H,8-12,15H2,1-5H3/b7-6+,22-18+. The fourth-order valence-electron chi connectivity index (χ4n) is 2.45. The Morgan fingerprint density at radius 3 is 2.52 bits per heavy atom. The van der Waals surface area contributed by atoms with E-state index in [0.717, 1.165) is 54.3 Å². The highest BCUT2D eigenvalue weighted by molar-refractivity contribution is 5.83. The largest absolute Gasteiger partial charge is 0.493 e. The van der Waals surface area contributed by atoms with Gasteiger partial charge in [-0.05, 0) is 70.3 Å². The molecule has 0 spiro atoms. The number of nitrogens with one attached hydrogen (secondary N) is 1. The molecule has 0 fully saturated rings. The minimum absolute atomic E-state index is 0.594. The van der Waals surface area contributed by atoms with Gasteiger partial charge in [-0.25, -0.2) is 0 Å². The summed E-state index contributed by atoms with van der Waals surface area (Å²) in [5.41, 5.74) is 3.17. The Morgan fingerprint density at radius 1 is 1.16 bits per heavy atom. The van der Waals surface area contributed by atoms with Gasteiger partial charge in [0.2, 0.25) is 0 Å². The molecule has 1 aromatic carbocycles. The van der Waals surface area contributed by atoms with Gasteiger partial charge in [0.1, 0.15) is 25.2 Å². The van der Waals surface area contributed by atoms with Crippen molar-refractivity contribution in [3.8, 4) is 11.5 Å². The number of aryl methyl sites for hydroxylation is 2. The molecule has 5 heteroatoms. The first-order valence-corrected chi connectivity index (χ1v) is 8.83. The van der Waals surface area contributed by atoms with Gasteiger partial charge < -0.3 is 19.6 Å². The Balaban J connectivity index is 2.31. The number of ether oxygens (including phenoxy) is 2. The Labute approximate surface area is 152 Å². The quantitative estimate of drug-likeness (QED) is 0.268. The molecule has 5 nitrogen and oxygen atoms in total. The summed E-state index contributed by atoms with van der Waals surface area (Å²) < 4.78 is 11.7. The molecule has 25 heavy (non-hydrogen) atoms. The van der Waals surface area contributed by atoms with Gasteiger partial charge >= 0.3 is 0 Å². The first-order valence-electron chi connectivity index (χ1n) is 8.83. The number of nitrogens with zero attached hydrogens (tertiary/aromatic N) is 1. The fraction of sp³-hybridized carbons (Fsp3) is 0.550. The van der Waals surface area contributed by atoms with E-state index in [1.807, 2.05) is 38.1 Å². The zero-order valence-electron chi connectivity index (χ0n) is 16.2. The van der Waals surface area contributed by atoms with Crippen LogP contribution < -0.4 is 14.8 Å². The van der Waals surface area contributed by atoms with Gasteiger partial charge in [-0.15, -0.1) is 0 Å². The summed E-state index contributed by atoms with van der Waals surface area (Å²) in [7, 11) is 1.56. The second kappa shape index (κ2) is 12.4. The van der Waals surface area contributed by atoms with Crippen LogP contribution in [0.2, 0.25) is 0 Å².